The van der Waals surface area contributed by atoms with Crippen LogP contribution >= 0.6 is 11.6 Å². The Hall–Kier alpha value is -2.33. The van der Waals surface area contributed by atoms with Crippen molar-refractivity contribution < 1.29 is 27.4 Å². The van der Waals surface area contributed by atoms with Crippen LogP contribution in [0.5, 0.6) is 11.5 Å². The summed E-state index contributed by atoms with van der Waals surface area (Å²) in [5, 5.41) is 2.72. The minimum atomic E-state index is -3.79. The van der Waals surface area contributed by atoms with Gasteiger partial charge in [-0.05, 0) is 49.4 Å². The van der Waals surface area contributed by atoms with Crippen molar-refractivity contribution in [2.75, 3.05) is 44.8 Å². The van der Waals surface area contributed by atoms with Crippen molar-refractivity contribution in [3.8, 4) is 11.5 Å². The zero-order chi connectivity index (χ0) is 21.6. The van der Waals surface area contributed by atoms with E-state index in [1.807, 2.05) is 6.92 Å². The van der Waals surface area contributed by atoms with Crippen LogP contribution in [-0.4, -0.2) is 58.1 Å². The van der Waals surface area contributed by atoms with Gasteiger partial charge in [-0.25, -0.2) is 8.42 Å². The zero-order valence-electron chi connectivity index (χ0n) is 16.5. The molecule has 0 spiro atoms. The molecule has 1 aliphatic heterocycles. The summed E-state index contributed by atoms with van der Waals surface area (Å²) in [6, 6.07) is 11.2. The lowest BCUT2D eigenvalue weighted by molar-refractivity contribution is -0.118. The molecule has 30 heavy (non-hydrogen) atoms. The molecule has 1 amide bonds. The van der Waals surface area contributed by atoms with Crippen LogP contribution < -0.4 is 14.8 Å². The molecule has 0 atom stereocenters. The molecular weight excluding hydrogens is 432 g/mol. The van der Waals surface area contributed by atoms with Crippen molar-refractivity contribution in [3.63, 3.8) is 0 Å². The second kappa shape index (κ2) is 10.1. The average molecular weight is 455 g/mol. The molecule has 1 N–H and O–H groups in total. The van der Waals surface area contributed by atoms with E-state index < -0.39 is 15.9 Å². The molecule has 2 aromatic rings. The van der Waals surface area contributed by atoms with Crippen molar-refractivity contribution >= 4 is 33.2 Å². The molecular formula is C20H23ClN2O6S. The second-order valence-corrected chi connectivity index (χ2v) is 8.72. The maximum Gasteiger partial charge on any atom is 0.262 e. The number of amides is 1. The third kappa shape index (κ3) is 5.63. The third-order valence-electron chi connectivity index (χ3n) is 4.31. The maximum absolute atomic E-state index is 12.9. The molecule has 0 aromatic heterocycles. The summed E-state index contributed by atoms with van der Waals surface area (Å²) < 4.78 is 43.1. The predicted molar refractivity (Wildman–Crippen MR) is 113 cm³/mol. The van der Waals surface area contributed by atoms with Gasteiger partial charge in [-0.1, -0.05) is 11.6 Å². The second-order valence-electron chi connectivity index (χ2n) is 6.40. The van der Waals surface area contributed by atoms with Crippen molar-refractivity contribution in [2.24, 2.45) is 0 Å². The topological polar surface area (TPSA) is 94.2 Å². The standard InChI is InChI=1S/C20H23ClN2O6S/c1-2-28-16-4-6-17(7-5-16)29-14-20(24)22-15-3-8-18(21)19(13-15)30(25,26)23-9-11-27-12-10-23/h3-8,13H,2,9-12,14H2,1H3,(H,22,24). The lowest BCUT2D eigenvalue weighted by Gasteiger charge is -2.26. The first-order valence-electron chi connectivity index (χ1n) is 9.43. The number of benzene rings is 2. The Bertz CT molecular complexity index is 975. The van der Waals surface area contributed by atoms with E-state index in [1.165, 1.54) is 22.5 Å². The summed E-state index contributed by atoms with van der Waals surface area (Å²) in [5.41, 5.74) is 0.312. The highest BCUT2D eigenvalue weighted by atomic mass is 35.5. The molecule has 1 saturated heterocycles. The lowest BCUT2D eigenvalue weighted by atomic mass is 10.3. The van der Waals surface area contributed by atoms with Gasteiger partial charge in [-0.3, -0.25) is 4.79 Å². The molecule has 10 heteroatoms. The van der Waals surface area contributed by atoms with Gasteiger partial charge in [0.2, 0.25) is 10.0 Å². The number of carbonyl (C=O) groups is 1. The van der Waals surface area contributed by atoms with Crippen molar-refractivity contribution in [1.29, 1.82) is 0 Å². The Morgan fingerprint density at radius 2 is 1.73 bits per heavy atom. The third-order valence-corrected chi connectivity index (χ3v) is 6.69. The molecule has 1 aliphatic rings. The number of hydrogen-bond acceptors (Lipinski definition) is 6. The van der Waals surface area contributed by atoms with Crippen LogP contribution in [-0.2, 0) is 19.6 Å². The van der Waals surface area contributed by atoms with Gasteiger partial charge < -0.3 is 19.5 Å². The van der Waals surface area contributed by atoms with Gasteiger partial charge in [0, 0.05) is 18.8 Å². The first-order chi connectivity index (χ1) is 14.4. The molecule has 2 aromatic carbocycles. The number of morpholine rings is 1. The Kier molecular flexibility index (Phi) is 7.54. The van der Waals surface area contributed by atoms with Crippen LogP contribution in [0, 0.1) is 0 Å². The fraction of sp³-hybridized carbons (Fsp3) is 0.350. The Labute approximate surface area is 180 Å². The molecule has 0 aliphatic carbocycles. The van der Waals surface area contributed by atoms with Crippen LogP contribution in [0.1, 0.15) is 6.92 Å². The van der Waals surface area contributed by atoms with Crippen molar-refractivity contribution in [3.05, 3.63) is 47.5 Å². The largest absolute Gasteiger partial charge is 0.494 e. The van der Waals surface area contributed by atoms with Gasteiger partial charge in [-0.15, -0.1) is 0 Å². The van der Waals surface area contributed by atoms with Gasteiger partial charge >= 0.3 is 0 Å². The van der Waals surface area contributed by atoms with Gasteiger partial charge in [0.15, 0.2) is 6.61 Å². The fourth-order valence-corrected chi connectivity index (χ4v) is 4.76. The normalized spacial score (nSPS) is 14.9. The monoisotopic (exact) mass is 454 g/mol. The summed E-state index contributed by atoms with van der Waals surface area (Å²) >= 11 is 6.13. The number of nitrogens with one attached hydrogen (secondary N) is 1. The molecule has 3 rings (SSSR count). The lowest BCUT2D eigenvalue weighted by Crippen LogP contribution is -2.40. The fourth-order valence-electron chi connectivity index (χ4n) is 2.85. The first-order valence-corrected chi connectivity index (χ1v) is 11.2. The van der Waals surface area contributed by atoms with Crippen LogP contribution in [0.4, 0.5) is 5.69 Å². The molecule has 8 nitrogen and oxygen atoms in total. The summed E-state index contributed by atoms with van der Waals surface area (Å²) in [5.74, 6) is 0.797. The maximum atomic E-state index is 12.9. The highest BCUT2D eigenvalue weighted by molar-refractivity contribution is 7.89. The molecule has 0 radical (unpaired) electrons. The van der Waals surface area contributed by atoms with Crippen LogP contribution in [0.25, 0.3) is 0 Å². The first kappa shape index (κ1) is 22.4. The summed E-state index contributed by atoms with van der Waals surface area (Å²) in [6.45, 7) is 3.39. The van der Waals surface area contributed by atoms with Crippen molar-refractivity contribution in [1.82, 2.24) is 4.31 Å². The van der Waals surface area contributed by atoms with Crippen LogP contribution in [0.15, 0.2) is 47.4 Å². The van der Waals surface area contributed by atoms with Crippen molar-refractivity contribution in [2.45, 2.75) is 11.8 Å². The van der Waals surface area contributed by atoms with E-state index in [2.05, 4.69) is 5.32 Å². The zero-order valence-corrected chi connectivity index (χ0v) is 18.0. The number of nitrogens with zero attached hydrogens (tertiary/aromatic N) is 1. The average Bonchev–Trinajstić information content (AvgIpc) is 2.75. The number of hydrogen-bond donors (Lipinski definition) is 1. The van der Waals surface area contributed by atoms with E-state index in [0.29, 0.717) is 37.0 Å². The van der Waals surface area contributed by atoms with Gasteiger partial charge in [0.25, 0.3) is 5.91 Å². The summed E-state index contributed by atoms with van der Waals surface area (Å²) in [4.78, 5) is 12.2. The number of halogens is 1. The van der Waals surface area contributed by atoms with E-state index in [9.17, 15) is 13.2 Å². The van der Waals surface area contributed by atoms with E-state index >= 15 is 0 Å². The van der Waals surface area contributed by atoms with Crippen LogP contribution in [0.2, 0.25) is 5.02 Å². The minimum absolute atomic E-state index is 0.0590. The van der Waals surface area contributed by atoms with Gasteiger partial charge in [-0.2, -0.15) is 4.31 Å². The van der Waals surface area contributed by atoms with E-state index in [0.717, 1.165) is 0 Å². The number of rotatable bonds is 8. The Morgan fingerprint density at radius 3 is 2.37 bits per heavy atom. The molecule has 1 heterocycles. The molecule has 0 saturated carbocycles. The molecule has 1 fully saturated rings. The summed E-state index contributed by atoms with van der Waals surface area (Å²) in [6.07, 6.45) is 0. The Morgan fingerprint density at radius 1 is 1.10 bits per heavy atom. The SMILES string of the molecule is CCOc1ccc(OCC(=O)Nc2ccc(Cl)c(S(=O)(=O)N3CCOCC3)c2)cc1. The number of ether oxygens (including phenoxy) is 3. The predicted octanol–water partition coefficient (Wildman–Crippen LogP) is 2.78. The molecule has 162 valence electrons. The Balaban J connectivity index is 1.63. The number of sulfonamides is 1. The quantitative estimate of drug-likeness (QED) is 0.659. The van der Waals surface area contributed by atoms with E-state index in [4.69, 9.17) is 25.8 Å². The molecule has 0 bridgehead atoms. The number of carbonyl (C=O) groups excluding carboxylic acids is 1. The molecule has 0 unspecified atom stereocenters. The minimum Gasteiger partial charge on any atom is -0.494 e. The summed E-state index contributed by atoms with van der Waals surface area (Å²) in [7, 11) is -3.79. The van der Waals surface area contributed by atoms with Crippen LogP contribution in [0.3, 0.4) is 0 Å². The highest BCUT2D eigenvalue weighted by Crippen LogP contribution is 2.28. The van der Waals surface area contributed by atoms with Gasteiger partial charge in [0.1, 0.15) is 16.4 Å². The highest BCUT2D eigenvalue weighted by Gasteiger charge is 2.28. The van der Waals surface area contributed by atoms with Gasteiger partial charge in [0.05, 0.1) is 24.8 Å². The van der Waals surface area contributed by atoms with E-state index in [-0.39, 0.29) is 29.6 Å². The van der Waals surface area contributed by atoms with E-state index in [1.54, 1.807) is 24.3 Å². The number of anilines is 1. The smallest absolute Gasteiger partial charge is 0.262 e.